The number of hydrogen-bond acceptors (Lipinski definition) is 4. The van der Waals surface area contributed by atoms with Crippen molar-refractivity contribution in [3.05, 3.63) is 65.4 Å². The average Bonchev–Trinajstić information content (AvgIpc) is 2.98. The number of ether oxygens (including phenoxy) is 1. The number of rotatable bonds is 4. The van der Waals surface area contributed by atoms with Gasteiger partial charge in [0.1, 0.15) is 11.4 Å². The lowest BCUT2D eigenvalue weighted by molar-refractivity contribution is -0.274. The summed E-state index contributed by atoms with van der Waals surface area (Å²) in [6.07, 6.45) is -3.10. The van der Waals surface area contributed by atoms with Gasteiger partial charge in [0.25, 0.3) is 11.8 Å². The van der Waals surface area contributed by atoms with Gasteiger partial charge in [-0.05, 0) is 43.4 Å². The third kappa shape index (κ3) is 4.35. The maximum Gasteiger partial charge on any atom is 0.573 e. The van der Waals surface area contributed by atoms with E-state index in [1.807, 2.05) is 24.0 Å². The van der Waals surface area contributed by atoms with Gasteiger partial charge < -0.3 is 9.64 Å². The van der Waals surface area contributed by atoms with Crippen molar-refractivity contribution in [1.29, 1.82) is 0 Å². The Bertz CT molecular complexity index is 1070. The third-order valence-corrected chi connectivity index (χ3v) is 5.81. The molecule has 0 aromatic heterocycles. The molecule has 0 spiro atoms. The number of hydrogen-bond donors (Lipinski definition) is 0. The van der Waals surface area contributed by atoms with E-state index in [-0.39, 0.29) is 11.3 Å². The first kappa shape index (κ1) is 21.9. The molecule has 8 heteroatoms. The predicted molar refractivity (Wildman–Crippen MR) is 114 cm³/mol. The molecule has 32 heavy (non-hydrogen) atoms. The molecule has 0 atom stereocenters. The second-order valence-corrected chi connectivity index (χ2v) is 8.25. The highest BCUT2D eigenvalue weighted by Gasteiger charge is 2.43. The first-order valence-corrected chi connectivity index (χ1v) is 10.4. The number of carbonyl (C=O) groups excluding carboxylic acids is 2. The fourth-order valence-corrected chi connectivity index (χ4v) is 4.08. The van der Waals surface area contributed by atoms with E-state index in [0.29, 0.717) is 30.3 Å². The lowest BCUT2D eigenvalue weighted by Gasteiger charge is -2.32. The number of anilines is 1. The van der Waals surface area contributed by atoms with Gasteiger partial charge in [0.05, 0.1) is 11.3 Å². The molecule has 1 saturated heterocycles. The summed E-state index contributed by atoms with van der Waals surface area (Å²) in [6.45, 7) is 5.34. The maximum atomic E-state index is 13.5. The summed E-state index contributed by atoms with van der Waals surface area (Å²) < 4.78 is 42.0. The number of nitrogens with zero attached hydrogens (tertiary/aromatic N) is 2. The predicted octanol–water partition coefficient (Wildman–Crippen LogP) is 4.91. The molecule has 0 saturated carbocycles. The van der Waals surface area contributed by atoms with Crippen LogP contribution < -0.4 is 9.64 Å². The summed E-state index contributed by atoms with van der Waals surface area (Å²) in [5.74, 6) is -1.07. The van der Waals surface area contributed by atoms with Crippen molar-refractivity contribution >= 4 is 23.1 Å². The molecule has 168 valence electrons. The van der Waals surface area contributed by atoms with E-state index in [4.69, 9.17) is 0 Å². The van der Waals surface area contributed by atoms with Crippen LogP contribution in [0.25, 0.3) is 5.57 Å². The maximum absolute atomic E-state index is 13.5. The molecule has 1 fully saturated rings. The van der Waals surface area contributed by atoms with Crippen LogP contribution >= 0.6 is 0 Å². The molecule has 2 aliphatic rings. The lowest BCUT2D eigenvalue weighted by atomic mass is 9.97. The van der Waals surface area contributed by atoms with Crippen molar-refractivity contribution in [3.63, 3.8) is 0 Å². The first-order valence-electron chi connectivity index (χ1n) is 10.4. The number of halogens is 3. The summed E-state index contributed by atoms with van der Waals surface area (Å²) >= 11 is 0. The van der Waals surface area contributed by atoms with E-state index < -0.39 is 23.9 Å². The summed E-state index contributed by atoms with van der Waals surface area (Å²) in [6, 6.07) is 12.2. The monoisotopic (exact) mass is 444 g/mol. The minimum absolute atomic E-state index is 0.0340. The highest BCUT2D eigenvalue weighted by molar-refractivity contribution is 6.45. The number of likely N-dealkylation sites (tertiary alicyclic amines) is 1. The number of aryl methyl sites for hydroxylation is 1. The molecule has 5 nitrogen and oxygen atoms in total. The SMILES string of the molecule is Cc1ccc(C2=C(N3CCC(C)CC3)C(=O)N(c3cccc(OC(F)(F)F)c3)C2=O)cc1. The van der Waals surface area contributed by atoms with E-state index in [2.05, 4.69) is 11.7 Å². The quantitative estimate of drug-likeness (QED) is 0.629. The van der Waals surface area contributed by atoms with Crippen LogP contribution in [0.2, 0.25) is 0 Å². The molecule has 0 unspecified atom stereocenters. The normalized spacial score (nSPS) is 18.0. The second kappa shape index (κ2) is 8.33. The van der Waals surface area contributed by atoms with Crippen molar-refractivity contribution < 1.29 is 27.5 Å². The number of alkyl halides is 3. The number of imide groups is 1. The number of carbonyl (C=O) groups is 2. The van der Waals surface area contributed by atoms with Gasteiger partial charge in [-0.25, -0.2) is 4.90 Å². The summed E-state index contributed by atoms with van der Waals surface area (Å²) in [7, 11) is 0. The van der Waals surface area contributed by atoms with E-state index in [9.17, 15) is 22.8 Å². The van der Waals surface area contributed by atoms with Crippen LogP contribution in [0.15, 0.2) is 54.2 Å². The summed E-state index contributed by atoms with van der Waals surface area (Å²) in [5, 5.41) is 0. The molecule has 2 aliphatic heterocycles. The molecule has 0 radical (unpaired) electrons. The van der Waals surface area contributed by atoms with Gasteiger partial charge in [-0.3, -0.25) is 9.59 Å². The van der Waals surface area contributed by atoms with Gasteiger partial charge in [0, 0.05) is 19.2 Å². The Hall–Kier alpha value is -3.29. The standard InChI is InChI=1S/C24H23F3N2O3/c1-15-6-8-17(9-7-15)20-21(28-12-10-16(2)11-13-28)23(31)29(22(20)30)18-4-3-5-19(14-18)32-24(25,26)27/h3-9,14,16H,10-13H2,1-2H3. The zero-order valence-corrected chi connectivity index (χ0v) is 17.8. The summed E-state index contributed by atoms with van der Waals surface area (Å²) in [5.41, 5.74) is 2.22. The average molecular weight is 444 g/mol. The fraction of sp³-hybridized carbons (Fsp3) is 0.333. The highest BCUT2D eigenvalue weighted by atomic mass is 19.4. The van der Waals surface area contributed by atoms with Crippen LogP contribution in [-0.4, -0.2) is 36.2 Å². The van der Waals surface area contributed by atoms with Crippen LogP contribution in [0.5, 0.6) is 5.75 Å². The Morgan fingerprint density at radius 2 is 1.62 bits per heavy atom. The van der Waals surface area contributed by atoms with Gasteiger partial charge in [-0.2, -0.15) is 0 Å². The van der Waals surface area contributed by atoms with E-state index in [1.54, 1.807) is 12.1 Å². The fourth-order valence-electron chi connectivity index (χ4n) is 4.08. The van der Waals surface area contributed by atoms with E-state index >= 15 is 0 Å². The van der Waals surface area contributed by atoms with Crippen LogP contribution in [-0.2, 0) is 9.59 Å². The molecule has 4 rings (SSSR count). The Balaban J connectivity index is 1.75. The van der Waals surface area contributed by atoms with Crippen LogP contribution in [0.1, 0.15) is 30.9 Å². The summed E-state index contributed by atoms with van der Waals surface area (Å²) in [4.78, 5) is 29.8. The molecule has 2 aromatic rings. The minimum atomic E-state index is -4.88. The molecule has 0 N–H and O–H groups in total. The molecule has 0 aliphatic carbocycles. The van der Waals surface area contributed by atoms with Gasteiger partial charge in [-0.15, -0.1) is 13.2 Å². The topological polar surface area (TPSA) is 49.9 Å². The van der Waals surface area contributed by atoms with Crippen LogP contribution in [0.4, 0.5) is 18.9 Å². The molecule has 2 heterocycles. The zero-order chi connectivity index (χ0) is 23.0. The van der Waals surface area contributed by atoms with Gasteiger partial charge in [0.2, 0.25) is 0 Å². The molecule has 0 bridgehead atoms. The van der Waals surface area contributed by atoms with Crippen molar-refractivity contribution in [2.75, 3.05) is 18.0 Å². The van der Waals surface area contributed by atoms with Gasteiger partial charge in [-0.1, -0.05) is 42.8 Å². The second-order valence-electron chi connectivity index (χ2n) is 8.25. The van der Waals surface area contributed by atoms with Crippen molar-refractivity contribution in [2.45, 2.75) is 33.1 Å². The lowest BCUT2D eigenvalue weighted by Crippen LogP contribution is -2.38. The van der Waals surface area contributed by atoms with E-state index in [1.165, 1.54) is 12.1 Å². The largest absolute Gasteiger partial charge is 0.573 e. The Morgan fingerprint density at radius 1 is 0.969 bits per heavy atom. The number of piperidine rings is 1. The Labute approximate surface area is 184 Å². The molecular weight excluding hydrogens is 421 g/mol. The molecule has 2 aromatic carbocycles. The third-order valence-electron chi connectivity index (χ3n) is 5.81. The minimum Gasteiger partial charge on any atom is -0.406 e. The van der Waals surface area contributed by atoms with Crippen molar-refractivity contribution in [2.24, 2.45) is 5.92 Å². The number of benzene rings is 2. The van der Waals surface area contributed by atoms with Crippen LogP contribution in [0, 0.1) is 12.8 Å². The van der Waals surface area contributed by atoms with Crippen molar-refractivity contribution in [1.82, 2.24) is 4.90 Å². The smallest absolute Gasteiger partial charge is 0.406 e. The van der Waals surface area contributed by atoms with E-state index in [0.717, 1.165) is 35.4 Å². The molecular formula is C24H23F3N2O3. The Morgan fingerprint density at radius 3 is 2.25 bits per heavy atom. The van der Waals surface area contributed by atoms with Crippen LogP contribution in [0.3, 0.4) is 0 Å². The molecule has 2 amide bonds. The first-order chi connectivity index (χ1) is 15.1. The highest BCUT2D eigenvalue weighted by Crippen LogP contribution is 2.37. The number of amides is 2. The Kier molecular flexibility index (Phi) is 5.71. The van der Waals surface area contributed by atoms with Gasteiger partial charge >= 0.3 is 6.36 Å². The van der Waals surface area contributed by atoms with Gasteiger partial charge in [0.15, 0.2) is 0 Å². The zero-order valence-electron chi connectivity index (χ0n) is 17.8. The van der Waals surface area contributed by atoms with Crippen molar-refractivity contribution in [3.8, 4) is 5.75 Å².